The molecule has 94 valence electrons. The third-order valence-electron chi connectivity index (χ3n) is 2.67. The predicted molar refractivity (Wildman–Crippen MR) is 59.0 cm³/mol. The van der Waals surface area contributed by atoms with Crippen LogP contribution in [0.2, 0.25) is 0 Å². The Kier molecular flexibility index (Phi) is 5.73. The second-order valence-corrected chi connectivity index (χ2v) is 4.29. The molecule has 0 amide bonds. The average molecular weight is 231 g/mol. The second-order valence-electron chi connectivity index (χ2n) is 4.29. The van der Waals surface area contributed by atoms with Gasteiger partial charge in [0.1, 0.15) is 6.04 Å². The lowest BCUT2D eigenvalue weighted by atomic mass is 10.1. The molecule has 0 aromatic heterocycles. The second kappa shape index (κ2) is 6.83. The molecule has 1 fully saturated rings. The largest absolute Gasteiger partial charge is 0.480 e. The maximum atomic E-state index is 10.4. The number of aliphatic carboxylic acids is 1. The summed E-state index contributed by atoms with van der Waals surface area (Å²) in [4.78, 5) is 10.4. The minimum absolute atomic E-state index is 0.0665. The lowest BCUT2D eigenvalue weighted by Gasteiger charge is -2.09. The molecule has 1 rings (SSSR count). The van der Waals surface area contributed by atoms with E-state index in [1.54, 1.807) is 0 Å². The number of unbranched alkanes of at least 4 members (excludes halogenated alkanes) is 2. The van der Waals surface area contributed by atoms with Gasteiger partial charge in [0.25, 0.3) is 0 Å². The van der Waals surface area contributed by atoms with E-state index in [0.717, 1.165) is 25.7 Å². The Balaban J connectivity index is 1.94. The van der Waals surface area contributed by atoms with E-state index in [0.29, 0.717) is 13.0 Å². The first-order chi connectivity index (χ1) is 7.59. The molecule has 5 nitrogen and oxygen atoms in total. The van der Waals surface area contributed by atoms with Crippen molar-refractivity contribution in [3.63, 3.8) is 0 Å². The standard InChI is InChI=1S/C11H21NO4/c1-8-7-15-10(16-8)6-4-2-3-5-9(12)11(13)14/h8-10H,2-7,12H2,1H3,(H,13,14). The summed E-state index contributed by atoms with van der Waals surface area (Å²) in [6, 6.07) is -0.723. The van der Waals surface area contributed by atoms with Crippen molar-refractivity contribution < 1.29 is 19.4 Å². The highest BCUT2D eigenvalue weighted by Gasteiger charge is 2.21. The molecule has 1 heterocycles. The summed E-state index contributed by atoms with van der Waals surface area (Å²) in [5, 5.41) is 8.58. The zero-order valence-electron chi connectivity index (χ0n) is 9.72. The van der Waals surface area contributed by atoms with E-state index in [2.05, 4.69) is 0 Å². The monoisotopic (exact) mass is 231 g/mol. The maximum Gasteiger partial charge on any atom is 0.320 e. The van der Waals surface area contributed by atoms with Crippen LogP contribution in [0.15, 0.2) is 0 Å². The molecule has 3 N–H and O–H groups in total. The molecule has 0 bridgehead atoms. The summed E-state index contributed by atoms with van der Waals surface area (Å²) in [5.74, 6) is -0.920. The van der Waals surface area contributed by atoms with Gasteiger partial charge in [0.15, 0.2) is 6.29 Å². The quantitative estimate of drug-likeness (QED) is 0.641. The van der Waals surface area contributed by atoms with Crippen LogP contribution in [0.1, 0.15) is 39.0 Å². The van der Waals surface area contributed by atoms with Crippen molar-refractivity contribution in [2.45, 2.75) is 57.5 Å². The van der Waals surface area contributed by atoms with Crippen LogP contribution in [0.25, 0.3) is 0 Å². The third-order valence-corrected chi connectivity index (χ3v) is 2.67. The number of carboxylic acid groups (broad SMARTS) is 1. The first kappa shape index (κ1) is 13.4. The Morgan fingerprint density at radius 3 is 2.81 bits per heavy atom. The first-order valence-corrected chi connectivity index (χ1v) is 5.85. The lowest BCUT2D eigenvalue weighted by Crippen LogP contribution is -2.29. The molecule has 0 aromatic carbocycles. The normalized spacial score (nSPS) is 26.9. The van der Waals surface area contributed by atoms with Crippen LogP contribution in [-0.4, -0.2) is 36.1 Å². The molecule has 0 spiro atoms. The Hall–Kier alpha value is -0.650. The number of nitrogens with two attached hydrogens (primary N) is 1. The number of rotatable bonds is 7. The van der Waals surface area contributed by atoms with Gasteiger partial charge in [0.2, 0.25) is 0 Å². The molecular formula is C11H21NO4. The molecule has 3 unspecified atom stereocenters. The molecule has 0 radical (unpaired) electrons. The highest BCUT2D eigenvalue weighted by atomic mass is 16.7. The molecule has 3 atom stereocenters. The van der Waals surface area contributed by atoms with Crippen molar-refractivity contribution >= 4 is 5.97 Å². The predicted octanol–water partition coefficient (Wildman–Crippen LogP) is 1.11. The minimum Gasteiger partial charge on any atom is -0.480 e. The topological polar surface area (TPSA) is 81.8 Å². The van der Waals surface area contributed by atoms with Gasteiger partial charge in [0, 0.05) is 0 Å². The molecule has 1 aliphatic rings. The van der Waals surface area contributed by atoms with Gasteiger partial charge >= 0.3 is 5.97 Å². The number of ether oxygens (including phenoxy) is 2. The van der Waals surface area contributed by atoms with Gasteiger partial charge in [0.05, 0.1) is 12.7 Å². The zero-order valence-corrected chi connectivity index (χ0v) is 9.72. The summed E-state index contributed by atoms with van der Waals surface area (Å²) in [6.07, 6.45) is 4.36. The summed E-state index contributed by atoms with van der Waals surface area (Å²) >= 11 is 0. The van der Waals surface area contributed by atoms with E-state index in [9.17, 15) is 4.79 Å². The van der Waals surface area contributed by atoms with E-state index in [1.807, 2.05) is 6.92 Å². The highest BCUT2D eigenvalue weighted by Crippen LogP contribution is 2.17. The number of carbonyl (C=O) groups is 1. The Bertz CT molecular complexity index is 222. The van der Waals surface area contributed by atoms with E-state index in [1.165, 1.54) is 0 Å². The van der Waals surface area contributed by atoms with Crippen LogP contribution in [0, 0.1) is 0 Å². The van der Waals surface area contributed by atoms with Gasteiger partial charge in [-0.1, -0.05) is 12.8 Å². The van der Waals surface area contributed by atoms with Crippen molar-refractivity contribution in [3.8, 4) is 0 Å². The summed E-state index contributed by atoms with van der Waals surface area (Å²) in [7, 11) is 0. The molecule has 0 aliphatic carbocycles. The van der Waals surface area contributed by atoms with E-state index in [-0.39, 0.29) is 12.4 Å². The van der Waals surface area contributed by atoms with Gasteiger partial charge in [-0.3, -0.25) is 4.79 Å². The molecule has 1 aliphatic heterocycles. The van der Waals surface area contributed by atoms with Crippen molar-refractivity contribution in [2.24, 2.45) is 5.73 Å². The van der Waals surface area contributed by atoms with Crippen LogP contribution in [-0.2, 0) is 14.3 Å². The summed E-state index contributed by atoms with van der Waals surface area (Å²) in [6.45, 7) is 2.67. The molecule has 1 saturated heterocycles. The van der Waals surface area contributed by atoms with E-state index < -0.39 is 12.0 Å². The van der Waals surface area contributed by atoms with Crippen molar-refractivity contribution in [2.75, 3.05) is 6.61 Å². The van der Waals surface area contributed by atoms with E-state index >= 15 is 0 Å². The maximum absolute atomic E-state index is 10.4. The van der Waals surface area contributed by atoms with Gasteiger partial charge in [-0.25, -0.2) is 0 Å². The number of hydrogen-bond donors (Lipinski definition) is 2. The minimum atomic E-state index is -0.920. The molecule has 0 aromatic rings. The van der Waals surface area contributed by atoms with Crippen LogP contribution in [0.4, 0.5) is 0 Å². The van der Waals surface area contributed by atoms with Gasteiger partial charge in [-0.05, 0) is 26.2 Å². The van der Waals surface area contributed by atoms with Gasteiger partial charge in [-0.15, -0.1) is 0 Å². The fourth-order valence-electron chi connectivity index (χ4n) is 1.71. The fourth-order valence-corrected chi connectivity index (χ4v) is 1.71. The van der Waals surface area contributed by atoms with Gasteiger partial charge in [-0.2, -0.15) is 0 Å². The fraction of sp³-hybridized carbons (Fsp3) is 0.909. The van der Waals surface area contributed by atoms with Crippen LogP contribution in [0.5, 0.6) is 0 Å². The Morgan fingerprint density at radius 2 is 2.25 bits per heavy atom. The summed E-state index contributed by atoms with van der Waals surface area (Å²) < 4.78 is 10.9. The molecule has 16 heavy (non-hydrogen) atoms. The first-order valence-electron chi connectivity index (χ1n) is 5.85. The third kappa shape index (κ3) is 4.92. The molecule has 5 heteroatoms. The average Bonchev–Trinajstić information content (AvgIpc) is 2.63. The number of hydrogen-bond acceptors (Lipinski definition) is 4. The van der Waals surface area contributed by atoms with Crippen molar-refractivity contribution in [1.82, 2.24) is 0 Å². The smallest absolute Gasteiger partial charge is 0.320 e. The van der Waals surface area contributed by atoms with Crippen LogP contribution < -0.4 is 5.73 Å². The van der Waals surface area contributed by atoms with E-state index in [4.69, 9.17) is 20.3 Å². The Morgan fingerprint density at radius 1 is 1.50 bits per heavy atom. The highest BCUT2D eigenvalue weighted by molar-refractivity contribution is 5.72. The SMILES string of the molecule is CC1COC(CCCCCC(N)C(=O)O)O1. The zero-order chi connectivity index (χ0) is 12.0. The van der Waals surface area contributed by atoms with Crippen LogP contribution in [0.3, 0.4) is 0 Å². The van der Waals surface area contributed by atoms with Gasteiger partial charge < -0.3 is 20.3 Å². The molecular weight excluding hydrogens is 210 g/mol. The summed E-state index contributed by atoms with van der Waals surface area (Å²) in [5.41, 5.74) is 5.39. The van der Waals surface area contributed by atoms with Crippen molar-refractivity contribution in [1.29, 1.82) is 0 Å². The Labute approximate surface area is 95.9 Å². The van der Waals surface area contributed by atoms with Crippen molar-refractivity contribution in [3.05, 3.63) is 0 Å². The molecule has 0 saturated carbocycles. The van der Waals surface area contributed by atoms with Crippen LogP contribution >= 0.6 is 0 Å². The number of carboxylic acids is 1. The lowest BCUT2D eigenvalue weighted by molar-refractivity contribution is -0.138.